The summed E-state index contributed by atoms with van der Waals surface area (Å²) in [6, 6.07) is 8.84. The van der Waals surface area contributed by atoms with Crippen molar-refractivity contribution in [2.24, 2.45) is 5.92 Å². The third-order valence-electron chi connectivity index (χ3n) is 3.73. The van der Waals surface area contributed by atoms with E-state index in [-0.39, 0.29) is 5.60 Å². The Kier molecular flexibility index (Phi) is 4.51. The van der Waals surface area contributed by atoms with Gasteiger partial charge in [-0.3, -0.25) is 0 Å². The number of para-hydroxylation sites is 1. The number of hydrogen-bond donors (Lipinski definition) is 1. The fraction of sp³-hybridized carbons (Fsp3) is 0.647. The van der Waals surface area contributed by atoms with Gasteiger partial charge in [-0.1, -0.05) is 32.0 Å². The van der Waals surface area contributed by atoms with E-state index in [9.17, 15) is 0 Å². The van der Waals surface area contributed by atoms with E-state index < -0.39 is 0 Å². The maximum Gasteiger partial charge on any atom is 0.124 e. The van der Waals surface area contributed by atoms with Gasteiger partial charge in [-0.25, -0.2) is 0 Å². The molecule has 106 valence electrons. The van der Waals surface area contributed by atoms with Crippen LogP contribution in [0, 0.1) is 5.92 Å². The van der Waals surface area contributed by atoms with Crippen molar-refractivity contribution < 1.29 is 4.74 Å². The summed E-state index contributed by atoms with van der Waals surface area (Å²) in [5.74, 6) is 1.83. The molecule has 1 aliphatic heterocycles. The van der Waals surface area contributed by atoms with Crippen LogP contribution in [0.1, 0.15) is 58.6 Å². The SMILES string of the molecule is CC(C)CCCNC1CC(C)(C)Oc2ccccc21. The van der Waals surface area contributed by atoms with Gasteiger partial charge in [0.15, 0.2) is 0 Å². The minimum absolute atomic E-state index is 0.0793. The lowest BCUT2D eigenvalue weighted by atomic mass is 9.89. The van der Waals surface area contributed by atoms with Crippen molar-refractivity contribution in [3.63, 3.8) is 0 Å². The standard InChI is InChI=1S/C17H27NO/c1-13(2)8-7-11-18-15-12-17(3,4)19-16-10-6-5-9-14(15)16/h5-6,9-10,13,15,18H,7-8,11-12H2,1-4H3. The second-order valence-corrected chi connectivity index (χ2v) is 6.65. The summed E-state index contributed by atoms with van der Waals surface area (Å²) in [4.78, 5) is 0. The number of fused-ring (bicyclic) bond motifs is 1. The molecular formula is C17H27NO. The minimum Gasteiger partial charge on any atom is -0.487 e. The van der Waals surface area contributed by atoms with E-state index in [1.807, 2.05) is 0 Å². The molecule has 1 aromatic rings. The highest BCUT2D eigenvalue weighted by atomic mass is 16.5. The topological polar surface area (TPSA) is 21.3 Å². The Morgan fingerprint density at radius 2 is 2.05 bits per heavy atom. The lowest BCUT2D eigenvalue weighted by Gasteiger charge is -2.38. The van der Waals surface area contributed by atoms with Crippen LogP contribution >= 0.6 is 0 Å². The van der Waals surface area contributed by atoms with Crippen molar-refractivity contribution in [2.75, 3.05) is 6.54 Å². The number of benzene rings is 1. The quantitative estimate of drug-likeness (QED) is 0.797. The van der Waals surface area contributed by atoms with Gasteiger partial charge < -0.3 is 10.1 Å². The van der Waals surface area contributed by atoms with Gasteiger partial charge in [0.1, 0.15) is 11.4 Å². The predicted octanol–water partition coefficient (Wildman–Crippen LogP) is 4.31. The summed E-state index contributed by atoms with van der Waals surface area (Å²) in [7, 11) is 0. The van der Waals surface area contributed by atoms with Crippen molar-refractivity contribution in [3.05, 3.63) is 29.8 Å². The Bertz CT molecular complexity index is 411. The van der Waals surface area contributed by atoms with E-state index in [4.69, 9.17) is 4.74 Å². The summed E-state index contributed by atoms with van der Waals surface area (Å²) < 4.78 is 6.05. The Morgan fingerprint density at radius 1 is 1.32 bits per heavy atom. The van der Waals surface area contributed by atoms with Crippen LogP contribution in [0.25, 0.3) is 0 Å². The molecule has 0 bridgehead atoms. The zero-order valence-electron chi connectivity index (χ0n) is 12.7. The molecule has 2 rings (SSSR count). The molecule has 1 aromatic carbocycles. The molecule has 0 radical (unpaired) electrons. The summed E-state index contributed by atoms with van der Waals surface area (Å²) in [6.45, 7) is 10.0. The van der Waals surface area contributed by atoms with Crippen LogP contribution in [0.3, 0.4) is 0 Å². The zero-order chi connectivity index (χ0) is 13.9. The van der Waals surface area contributed by atoms with Crippen molar-refractivity contribution in [3.8, 4) is 5.75 Å². The van der Waals surface area contributed by atoms with Gasteiger partial charge >= 0.3 is 0 Å². The largest absolute Gasteiger partial charge is 0.487 e. The predicted molar refractivity (Wildman–Crippen MR) is 80.6 cm³/mol. The highest BCUT2D eigenvalue weighted by molar-refractivity contribution is 5.38. The average molecular weight is 261 g/mol. The molecule has 2 heteroatoms. The van der Waals surface area contributed by atoms with Crippen LogP contribution in [-0.2, 0) is 0 Å². The second kappa shape index (κ2) is 5.96. The second-order valence-electron chi connectivity index (χ2n) is 6.65. The number of rotatable bonds is 5. The van der Waals surface area contributed by atoms with E-state index in [0.29, 0.717) is 6.04 Å². The Morgan fingerprint density at radius 3 is 2.79 bits per heavy atom. The van der Waals surface area contributed by atoms with Gasteiger partial charge in [0.25, 0.3) is 0 Å². The highest BCUT2D eigenvalue weighted by Crippen LogP contribution is 2.39. The first-order valence-corrected chi connectivity index (χ1v) is 7.49. The monoisotopic (exact) mass is 261 g/mol. The fourth-order valence-corrected chi connectivity index (χ4v) is 2.77. The first-order valence-electron chi connectivity index (χ1n) is 7.49. The van der Waals surface area contributed by atoms with Gasteiger partial charge in [-0.15, -0.1) is 0 Å². The van der Waals surface area contributed by atoms with Crippen LogP contribution in [0.2, 0.25) is 0 Å². The van der Waals surface area contributed by atoms with Crippen LogP contribution in [-0.4, -0.2) is 12.1 Å². The summed E-state index contributed by atoms with van der Waals surface area (Å²) >= 11 is 0. The molecule has 1 aliphatic rings. The van der Waals surface area contributed by atoms with Crippen LogP contribution in [0.5, 0.6) is 5.75 Å². The molecule has 19 heavy (non-hydrogen) atoms. The fourth-order valence-electron chi connectivity index (χ4n) is 2.77. The molecule has 0 spiro atoms. The number of nitrogens with one attached hydrogen (secondary N) is 1. The molecule has 2 nitrogen and oxygen atoms in total. The first-order chi connectivity index (χ1) is 8.98. The number of hydrogen-bond acceptors (Lipinski definition) is 2. The van der Waals surface area contributed by atoms with Crippen molar-refractivity contribution in [1.29, 1.82) is 0 Å². The molecule has 0 amide bonds. The van der Waals surface area contributed by atoms with Crippen LogP contribution in [0.15, 0.2) is 24.3 Å². The van der Waals surface area contributed by atoms with E-state index >= 15 is 0 Å². The Labute approximate surface area is 117 Å². The van der Waals surface area contributed by atoms with Crippen LogP contribution in [0.4, 0.5) is 0 Å². The lowest BCUT2D eigenvalue weighted by Crippen LogP contribution is -2.39. The molecule has 0 aromatic heterocycles. The molecule has 1 unspecified atom stereocenters. The molecule has 0 fully saturated rings. The summed E-state index contributed by atoms with van der Waals surface area (Å²) in [6.07, 6.45) is 3.57. The van der Waals surface area contributed by atoms with Crippen molar-refractivity contribution in [1.82, 2.24) is 5.32 Å². The lowest BCUT2D eigenvalue weighted by molar-refractivity contribution is 0.0660. The molecule has 1 N–H and O–H groups in total. The van der Waals surface area contributed by atoms with Crippen molar-refractivity contribution >= 4 is 0 Å². The third-order valence-corrected chi connectivity index (χ3v) is 3.73. The first kappa shape index (κ1) is 14.4. The molecular weight excluding hydrogens is 234 g/mol. The van der Waals surface area contributed by atoms with E-state index in [1.54, 1.807) is 0 Å². The van der Waals surface area contributed by atoms with E-state index in [1.165, 1.54) is 18.4 Å². The summed E-state index contributed by atoms with van der Waals surface area (Å²) in [5, 5.41) is 3.71. The number of ether oxygens (including phenoxy) is 1. The maximum atomic E-state index is 6.05. The van der Waals surface area contributed by atoms with E-state index in [0.717, 1.165) is 24.6 Å². The van der Waals surface area contributed by atoms with Crippen molar-refractivity contribution in [2.45, 2.75) is 58.6 Å². The normalized spacial score (nSPS) is 21.0. The Hall–Kier alpha value is -1.02. The van der Waals surface area contributed by atoms with E-state index in [2.05, 4.69) is 57.3 Å². The molecule has 0 aliphatic carbocycles. The smallest absolute Gasteiger partial charge is 0.124 e. The third kappa shape index (κ3) is 3.97. The van der Waals surface area contributed by atoms with Gasteiger partial charge in [0.2, 0.25) is 0 Å². The molecule has 1 atom stereocenters. The molecule has 1 heterocycles. The van der Waals surface area contributed by atoms with Gasteiger partial charge in [0, 0.05) is 18.0 Å². The maximum absolute atomic E-state index is 6.05. The van der Waals surface area contributed by atoms with Gasteiger partial charge in [0.05, 0.1) is 0 Å². The summed E-state index contributed by atoms with van der Waals surface area (Å²) in [5.41, 5.74) is 1.23. The van der Waals surface area contributed by atoms with Crippen LogP contribution < -0.4 is 10.1 Å². The van der Waals surface area contributed by atoms with Gasteiger partial charge in [-0.05, 0) is 45.2 Å². The zero-order valence-corrected chi connectivity index (χ0v) is 12.7. The molecule has 0 saturated heterocycles. The molecule has 0 saturated carbocycles. The average Bonchev–Trinajstić information content (AvgIpc) is 2.33. The highest BCUT2D eigenvalue weighted by Gasteiger charge is 2.32. The Balaban J connectivity index is 1.99. The minimum atomic E-state index is -0.0793. The van der Waals surface area contributed by atoms with Gasteiger partial charge in [-0.2, -0.15) is 0 Å².